The van der Waals surface area contributed by atoms with Crippen molar-refractivity contribution in [3.8, 4) is 5.75 Å². The quantitative estimate of drug-likeness (QED) is 0.425. The van der Waals surface area contributed by atoms with Crippen LogP contribution >= 0.6 is 0 Å². The van der Waals surface area contributed by atoms with E-state index in [0.29, 0.717) is 19.2 Å². The molecule has 3 N–H and O–H groups in total. The minimum absolute atomic E-state index is 0.0533. The summed E-state index contributed by atoms with van der Waals surface area (Å²) in [5, 5.41) is 22.6. The molecule has 5 rings (SSSR count). The molecular weight excluding hydrogens is 476 g/mol. The lowest BCUT2D eigenvalue weighted by molar-refractivity contribution is -0.143. The summed E-state index contributed by atoms with van der Waals surface area (Å²) >= 11 is 0. The number of hydrogen-bond acceptors (Lipinski definition) is 8. The second-order valence-electron chi connectivity index (χ2n) is 10.8. The fraction of sp³-hybridized carbons (Fsp3) is 0.667. The van der Waals surface area contributed by atoms with E-state index in [1.807, 2.05) is 12.1 Å². The predicted molar refractivity (Wildman–Crippen MR) is 136 cm³/mol. The first-order valence-electron chi connectivity index (χ1n) is 13.6. The number of piperazine rings is 1. The zero-order valence-electron chi connectivity index (χ0n) is 21.3. The molecule has 202 valence electrons. The van der Waals surface area contributed by atoms with Gasteiger partial charge in [0, 0.05) is 39.3 Å². The highest BCUT2D eigenvalue weighted by molar-refractivity contribution is 6.07. The monoisotopic (exact) mass is 514 g/mol. The van der Waals surface area contributed by atoms with Crippen LogP contribution in [0.25, 0.3) is 0 Å². The number of anilines is 1. The Kier molecular flexibility index (Phi) is 7.97. The van der Waals surface area contributed by atoms with Gasteiger partial charge in [0.25, 0.3) is 0 Å². The topological polar surface area (TPSA) is 123 Å². The van der Waals surface area contributed by atoms with Gasteiger partial charge in [-0.3, -0.25) is 24.2 Å². The van der Waals surface area contributed by atoms with Crippen LogP contribution in [0.2, 0.25) is 0 Å². The number of carbonyl (C=O) groups excluding carboxylic acids is 3. The molecule has 2 heterocycles. The summed E-state index contributed by atoms with van der Waals surface area (Å²) in [6.45, 7) is 4.27. The molecule has 4 unspecified atom stereocenters. The van der Waals surface area contributed by atoms with Crippen LogP contribution < -0.4 is 15.0 Å². The summed E-state index contributed by atoms with van der Waals surface area (Å²) in [5.41, 5.74) is 1.14. The Labute approximate surface area is 217 Å². The van der Waals surface area contributed by atoms with Crippen molar-refractivity contribution in [2.45, 2.75) is 56.8 Å². The van der Waals surface area contributed by atoms with Gasteiger partial charge < -0.3 is 25.2 Å². The lowest BCUT2D eigenvalue weighted by Crippen LogP contribution is -2.49. The Hall–Kier alpha value is -2.69. The number of para-hydroxylation sites is 2. The van der Waals surface area contributed by atoms with Gasteiger partial charge in [0.05, 0.1) is 35.8 Å². The summed E-state index contributed by atoms with van der Waals surface area (Å²) in [7, 11) is 0. The van der Waals surface area contributed by atoms with E-state index in [9.17, 15) is 24.6 Å². The third-order valence-electron chi connectivity index (χ3n) is 8.31. The van der Waals surface area contributed by atoms with Gasteiger partial charge in [-0.25, -0.2) is 0 Å². The van der Waals surface area contributed by atoms with E-state index in [2.05, 4.69) is 27.2 Å². The SMILES string of the molecule is O=C(CN1C(=O)C2CC(O)C(O)CC2C1=O)NCCN1CCN(c2ccccc2OC2CCCC2)CC1. The van der Waals surface area contributed by atoms with Gasteiger partial charge in [0.2, 0.25) is 17.7 Å². The molecule has 0 radical (unpaired) electrons. The molecule has 3 amide bonds. The Balaban J connectivity index is 1.05. The second kappa shape index (κ2) is 11.4. The number of benzene rings is 1. The molecule has 0 spiro atoms. The first kappa shape index (κ1) is 25.9. The van der Waals surface area contributed by atoms with E-state index in [4.69, 9.17) is 4.74 Å². The maximum Gasteiger partial charge on any atom is 0.240 e. The molecule has 37 heavy (non-hydrogen) atoms. The maximum atomic E-state index is 12.6. The van der Waals surface area contributed by atoms with Gasteiger partial charge in [0.1, 0.15) is 12.3 Å². The highest BCUT2D eigenvalue weighted by Gasteiger charge is 2.52. The average Bonchev–Trinajstić information content (AvgIpc) is 3.48. The van der Waals surface area contributed by atoms with Crippen molar-refractivity contribution >= 4 is 23.4 Å². The van der Waals surface area contributed by atoms with E-state index in [0.717, 1.165) is 55.4 Å². The molecule has 1 aromatic rings. The molecule has 4 aliphatic rings. The molecule has 2 saturated carbocycles. The largest absolute Gasteiger partial charge is 0.488 e. The first-order valence-corrected chi connectivity index (χ1v) is 13.6. The molecule has 10 heteroatoms. The van der Waals surface area contributed by atoms with Crippen molar-refractivity contribution in [3.63, 3.8) is 0 Å². The Bertz CT molecular complexity index is 963. The van der Waals surface area contributed by atoms with Crippen LogP contribution in [-0.2, 0) is 14.4 Å². The van der Waals surface area contributed by atoms with Crippen molar-refractivity contribution in [2.24, 2.45) is 11.8 Å². The first-order chi connectivity index (χ1) is 17.9. The van der Waals surface area contributed by atoms with E-state index in [-0.39, 0.29) is 25.3 Å². The normalized spacial score (nSPS) is 29.0. The number of rotatable bonds is 8. The summed E-state index contributed by atoms with van der Waals surface area (Å²) in [6, 6.07) is 8.26. The zero-order valence-corrected chi connectivity index (χ0v) is 21.3. The molecule has 1 aromatic carbocycles. The zero-order chi connectivity index (χ0) is 25.9. The minimum Gasteiger partial charge on any atom is -0.488 e. The number of likely N-dealkylation sites (tertiary alicyclic amines) is 1. The number of fused-ring (bicyclic) bond motifs is 1. The number of imide groups is 1. The number of aliphatic hydroxyl groups excluding tert-OH is 2. The Morgan fingerprint density at radius 3 is 2.22 bits per heavy atom. The molecule has 4 atom stereocenters. The van der Waals surface area contributed by atoms with E-state index < -0.39 is 35.9 Å². The molecule has 2 aliphatic heterocycles. The van der Waals surface area contributed by atoms with Crippen LogP contribution in [0.3, 0.4) is 0 Å². The highest BCUT2D eigenvalue weighted by Crippen LogP contribution is 2.38. The van der Waals surface area contributed by atoms with Crippen LogP contribution in [0.5, 0.6) is 5.75 Å². The molecular formula is C27H38N4O6. The molecule has 2 saturated heterocycles. The highest BCUT2D eigenvalue weighted by atomic mass is 16.5. The molecule has 4 fully saturated rings. The smallest absolute Gasteiger partial charge is 0.240 e. The van der Waals surface area contributed by atoms with Crippen LogP contribution in [0.1, 0.15) is 38.5 Å². The summed E-state index contributed by atoms with van der Waals surface area (Å²) in [6.07, 6.45) is 3.13. The standard InChI is InChI=1S/C27H38N4O6/c32-22-15-19-20(16-23(22)33)27(36)31(26(19)35)17-25(34)28-9-10-29-11-13-30(14-12-29)21-7-3-4-8-24(21)37-18-5-1-2-6-18/h3-4,7-8,18-20,22-23,32-33H,1-2,5-6,9-17H2,(H,28,34). The fourth-order valence-electron chi connectivity index (χ4n) is 6.14. The van der Waals surface area contributed by atoms with Crippen molar-refractivity contribution in [1.82, 2.24) is 15.1 Å². The maximum absolute atomic E-state index is 12.6. The number of amides is 3. The van der Waals surface area contributed by atoms with Gasteiger partial charge in [-0.15, -0.1) is 0 Å². The second-order valence-corrected chi connectivity index (χ2v) is 10.8. The number of carbonyl (C=O) groups is 3. The summed E-state index contributed by atoms with van der Waals surface area (Å²) in [5.74, 6) is -1.57. The number of ether oxygens (including phenoxy) is 1. The van der Waals surface area contributed by atoms with Crippen LogP contribution in [0, 0.1) is 11.8 Å². The molecule has 0 bridgehead atoms. The fourth-order valence-corrected chi connectivity index (χ4v) is 6.14. The average molecular weight is 515 g/mol. The van der Waals surface area contributed by atoms with Gasteiger partial charge in [0.15, 0.2) is 0 Å². The third kappa shape index (κ3) is 5.76. The lowest BCUT2D eigenvalue weighted by Gasteiger charge is -2.37. The molecule has 0 aromatic heterocycles. The van der Waals surface area contributed by atoms with E-state index >= 15 is 0 Å². The Morgan fingerprint density at radius 2 is 1.57 bits per heavy atom. The molecule has 2 aliphatic carbocycles. The van der Waals surface area contributed by atoms with Crippen molar-refractivity contribution in [3.05, 3.63) is 24.3 Å². The number of hydrogen-bond donors (Lipinski definition) is 3. The number of aliphatic hydroxyl groups is 2. The lowest BCUT2D eigenvalue weighted by atomic mass is 9.78. The van der Waals surface area contributed by atoms with Crippen molar-refractivity contribution < 1.29 is 29.3 Å². The predicted octanol–water partition coefficient (Wildman–Crippen LogP) is 0.363. The third-order valence-corrected chi connectivity index (χ3v) is 8.31. The summed E-state index contributed by atoms with van der Waals surface area (Å²) < 4.78 is 6.31. The summed E-state index contributed by atoms with van der Waals surface area (Å²) in [4.78, 5) is 43.4. The van der Waals surface area contributed by atoms with Gasteiger partial charge in [-0.2, -0.15) is 0 Å². The minimum atomic E-state index is -1.01. The van der Waals surface area contributed by atoms with Crippen molar-refractivity contribution in [1.29, 1.82) is 0 Å². The van der Waals surface area contributed by atoms with Gasteiger partial charge >= 0.3 is 0 Å². The van der Waals surface area contributed by atoms with Crippen LogP contribution in [0.15, 0.2) is 24.3 Å². The van der Waals surface area contributed by atoms with Crippen LogP contribution in [-0.4, -0.2) is 102 Å². The van der Waals surface area contributed by atoms with Gasteiger partial charge in [-0.1, -0.05) is 12.1 Å². The van der Waals surface area contributed by atoms with Crippen molar-refractivity contribution in [2.75, 3.05) is 50.7 Å². The van der Waals surface area contributed by atoms with E-state index in [1.54, 1.807) is 0 Å². The molecule has 10 nitrogen and oxygen atoms in total. The van der Waals surface area contributed by atoms with E-state index in [1.165, 1.54) is 12.8 Å². The number of nitrogens with one attached hydrogen (secondary N) is 1. The Morgan fingerprint density at radius 1 is 0.946 bits per heavy atom. The number of nitrogens with zero attached hydrogens (tertiary/aromatic N) is 3. The van der Waals surface area contributed by atoms with Gasteiger partial charge in [-0.05, 0) is 50.7 Å². The van der Waals surface area contributed by atoms with Crippen LogP contribution in [0.4, 0.5) is 5.69 Å².